The van der Waals surface area contributed by atoms with Gasteiger partial charge in [-0.3, -0.25) is 0 Å². The Bertz CT molecular complexity index is 4880. The molecular formula is C72H42B2N2O3S. The van der Waals surface area contributed by atoms with E-state index in [1.807, 2.05) is 11.3 Å². The summed E-state index contributed by atoms with van der Waals surface area (Å²) in [7, 11) is 0. The molecule has 0 atom stereocenters. The average molecular weight is 1040 g/mol. The van der Waals surface area contributed by atoms with Crippen molar-refractivity contribution >= 4 is 134 Å². The summed E-state index contributed by atoms with van der Waals surface area (Å²) in [5.41, 5.74) is 21.7. The standard InChI is InChI=1S/C72H42B2N2O3S/c1-4-21-43(22-5-1)46-27-10-15-34-55(46)75-56-40-57-54(39-53(56)73-52-33-14-18-37-62(52)79-72-67-50-29-12-19-38-64(50)80-65(67)42-59(75)69(72)73)74-51-32-13-17-36-61(51)78-71-66-49-28-11-16-35-60(49)77-63(66)41-58(68(71)74)76(57)70-47(44-23-6-2-7-24-44)30-20-31-48(70)45-25-8-3-9-26-45/h1-42H. The highest BCUT2D eigenvalue weighted by atomic mass is 32.1. The van der Waals surface area contributed by atoms with Crippen LogP contribution < -0.4 is 52.1 Å². The molecule has 18 rings (SSSR count). The normalized spacial score (nSPS) is 13.3. The number of anilines is 6. The smallest absolute Gasteiger partial charge is 0.256 e. The van der Waals surface area contributed by atoms with Crippen molar-refractivity contribution < 1.29 is 13.9 Å². The van der Waals surface area contributed by atoms with Gasteiger partial charge in [-0.1, -0.05) is 206 Å². The van der Waals surface area contributed by atoms with Crippen LogP contribution in [0.4, 0.5) is 34.1 Å². The Morgan fingerprint density at radius 2 is 0.838 bits per heavy atom. The third-order valence-corrected chi connectivity index (χ3v) is 18.3. The van der Waals surface area contributed by atoms with Crippen LogP contribution >= 0.6 is 11.3 Å². The summed E-state index contributed by atoms with van der Waals surface area (Å²) in [5, 5.41) is 4.37. The molecule has 0 fully saturated rings. The molecule has 14 aromatic rings. The minimum absolute atomic E-state index is 0.186. The van der Waals surface area contributed by atoms with Crippen LogP contribution in [0.1, 0.15) is 0 Å². The fourth-order valence-corrected chi connectivity index (χ4v) is 15.0. The fourth-order valence-electron chi connectivity index (χ4n) is 13.9. The van der Waals surface area contributed by atoms with Gasteiger partial charge >= 0.3 is 0 Å². The number of hydrogen-bond donors (Lipinski definition) is 0. The van der Waals surface area contributed by atoms with E-state index < -0.39 is 0 Å². The molecule has 0 unspecified atom stereocenters. The second kappa shape index (κ2) is 16.7. The van der Waals surface area contributed by atoms with Gasteiger partial charge in [0.1, 0.15) is 34.2 Å². The molecule has 6 heterocycles. The number of rotatable bonds is 5. The number of ether oxygens (including phenoxy) is 2. The lowest BCUT2D eigenvalue weighted by atomic mass is 9.30. The highest BCUT2D eigenvalue weighted by Crippen LogP contribution is 2.54. The fraction of sp³-hybridized carbons (Fsp3) is 0. The van der Waals surface area contributed by atoms with Crippen LogP contribution in [-0.2, 0) is 0 Å². The lowest BCUT2D eigenvalue weighted by Crippen LogP contribution is -2.63. The molecule has 0 bridgehead atoms. The van der Waals surface area contributed by atoms with Gasteiger partial charge in [0.05, 0.1) is 16.8 Å². The maximum absolute atomic E-state index is 7.39. The number of para-hydroxylation sites is 5. The maximum atomic E-state index is 7.39. The Morgan fingerprint density at radius 3 is 1.51 bits per heavy atom. The summed E-state index contributed by atoms with van der Waals surface area (Å²) < 4.78 is 24.2. The molecule has 0 radical (unpaired) electrons. The van der Waals surface area contributed by atoms with Crippen LogP contribution in [-0.4, -0.2) is 13.4 Å². The first-order valence-corrected chi connectivity index (χ1v) is 28.2. The number of hydrogen-bond acceptors (Lipinski definition) is 6. The van der Waals surface area contributed by atoms with Crippen molar-refractivity contribution in [2.75, 3.05) is 9.80 Å². The highest BCUT2D eigenvalue weighted by Gasteiger charge is 2.49. The molecule has 4 aliphatic rings. The van der Waals surface area contributed by atoms with Gasteiger partial charge in [0.15, 0.2) is 0 Å². The molecule has 5 nitrogen and oxygen atoms in total. The SMILES string of the molecule is c1ccc(-c2ccccc2N2c3cc4c(cc3B3c5ccccc5Oc5c3c2cc2sc3ccccc3c52)B2c3ccccc3Oc3c2c(cc2oc5ccccc5c32)N4c2c(-c3ccccc3)cccc2-c2ccccc2)cc1. The summed E-state index contributed by atoms with van der Waals surface area (Å²) in [6.07, 6.45) is 0. The Labute approximate surface area is 465 Å². The third-order valence-electron chi connectivity index (χ3n) is 17.2. The van der Waals surface area contributed by atoms with E-state index in [0.717, 1.165) is 134 Å². The number of nitrogens with zero attached hydrogens (tertiary/aromatic N) is 2. The summed E-state index contributed by atoms with van der Waals surface area (Å²) in [6.45, 7) is -0.414. The van der Waals surface area contributed by atoms with Crippen molar-refractivity contribution in [3.8, 4) is 56.4 Å². The number of fused-ring (bicyclic) bond motifs is 16. The van der Waals surface area contributed by atoms with E-state index in [4.69, 9.17) is 13.9 Å². The van der Waals surface area contributed by atoms with E-state index in [-0.39, 0.29) is 13.4 Å². The monoisotopic (exact) mass is 1040 g/mol. The molecule has 0 saturated heterocycles. The lowest BCUT2D eigenvalue weighted by molar-refractivity contribution is 0.493. The van der Waals surface area contributed by atoms with Gasteiger partial charge in [-0.2, -0.15) is 0 Å². The van der Waals surface area contributed by atoms with Crippen LogP contribution in [0.5, 0.6) is 23.0 Å². The Morgan fingerprint density at radius 1 is 0.325 bits per heavy atom. The molecule has 2 aromatic heterocycles. The predicted octanol–water partition coefficient (Wildman–Crippen LogP) is 15.8. The second-order valence-electron chi connectivity index (χ2n) is 21.3. The summed E-state index contributed by atoms with van der Waals surface area (Å²) in [5.74, 6) is 3.47. The number of thiophene rings is 1. The molecule has 4 aliphatic heterocycles. The van der Waals surface area contributed by atoms with E-state index in [2.05, 4.69) is 265 Å². The van der Waals surface area contributed by atoms with Gasteiger partial charge in [0.25, 0.3) is 13.4 Å². The van der Waals surface area contributed by atoms with Crippen LogP contribution in [0.2, 0.25) is 0 Å². The molecule has 0 N–H and O–H groups in total. The first kappa shape index (κ1) is 44.0. The minimum Gasteiger partial charge on any atom is -0.458 e. The van der Waals surface area contributed by atoms with E-state index >= 15 is 0 Å². The van der Waals surface area contributed by atoms with E-state index in [1.54, 1.807) is 0 Å². The zero-order chi connectivity index (χ0) is 52.2. The third kappa shape index (κ3) is 6.14. The summed E-state index contributed by atoms with van der Waals surface area (Å²) in [6, 6.07) is 92.7. The Hall–Kier alpha value is -10.0. The van der Waals surface area contributed by atoms with Gasteiger partial charge in [-0.05, 0) is 91.9 Å². The van der Waals surface area contributed by atoms with Crippen molar-refractivity contribution in [1.82, 2.24) is 0 Å². The zero-order valence-electron chi connectivity index (χ0n) is 42.9. The summed E-state index contributed by atoms with van der Waals surface area (Å²) >= 11 is 1.83. The molecule has 0 aliphatic carbocycles. The molecular weight excluding hydrogens is 994 g/mol. The van der Waals surface area contributed by atoms with Crippen molar-refractivity contribution in [3.63, 3.8) is 0 Å². The predicted molar refractivity (Wildman–Crippen MR) is 335 cm³/mol. The number of furan rings is 1. The largest absolute Gasteiger partial charge is 0.458 e. The van der Waals surface area contributed by atoms with Gasteiger partial charge in [0.2, 0.25) is 0 Å². The summed E-state index contributed by atoms with van der Waals surface area (Å²) in [4.78, 5) is 5.13. The first-order valence-electron chi connectivity index (χ1n) is 27.4. The molecule has 0 amide bonds. The van der Waals surface area contributed by atoms with E-state index in [1.165, 1.54) is 31.2 Å². The van der Waals surface area contributed by atoms with Crippen molar-refractivity contribution in [2.24, 2.45) is 0 Å². The number of benzene rings is 12. The van der Waals surface area contributed by atoms with Crippen molar-refractivity contribution in [3.05, 3.63) is 255 Å². The molecule has 0 saturated carbocycles. The average Bonchev–Trinajstić information content (AvgIpc) is 3.29. The van der Waals surface area contributed by atoms with E-state index in [9.17, 15) is 0 Å². The van der Waals surface area contributed by atoms with E-state index in [0.29, 0.717) is 0 Å². The highest BCUT2D eigenvalue weighted by molar-refractivity contribution is 7.26. The Balaban J connectivity index is 1.03. The van der Waals surface area contributed by atoms with Crippen molar-refractivity contribution in [1.29, 1.82) is 0 Å². The quantitative estimate of drug-likeness (QED) is 0.161. The minimum atomic E-state index is -0.229. The second-order valence-corrected chi connectivity index (χ2v) is 22.4. The molecule has 370 valence electrons. The van der Waals surface area contributed by atoms with Gasteiger partial charge in [0, 0.05) is 71.1 Å². The maximum Gasteiger partial charge on any atom is 0.256 e. The van der Waals surface area contributed by atoms with Crippen LogP contribution in [0.15, 0.2) is 259 Å². The van der Waals surface area contributed by atoms with Gasteiger partial charge < -0.3 is 23.7 Å². The lowest BCUT2D eigenvalue weighted by Gasteiger charge is -2.45. The van der Waals surface area contributed by atoms with Crippen LogP contribution in [0.25, 0.3) is 75.5 Å². The Kier molecular flexibility index (Phi) is 9.22. The van der Waals surface area contributed by atoms with Crippen LogP contribution in [0, 0.1) is 0 Å². The van der Waals surface area contributed by atoms with Gasteiger partial charge in [-0.25, -0.2) is 0 Å². The van der Waals surface area contributed by atoms with Crippen molar-refractivity contribution in [2.45, 2.75) is 0 Å². The molecule has 0 spiro atoms. The zero-order valence-corrected chi connectivity index (χ0v) is 43.7. The molecule has 80 heavy (non-hydrogen) atoms. The topological polar surface area (TPSA) is 38.1 Å². The molecule has 12 aromatic carbocycles. The van der Waals surface area contributed by atoms with Gasteiger partial charge in [-0.15, -0.1) is 11.3 Å². The van der Waals surface area contributed by atoms with Crippen LogP contribution in [0.3, 0.4) is 0 Å². The first-order chi connectivity index (χ1) is 39.7. The molecule has 8 heteroatoms.